The first kappa shape index (κ1) is 9.16. The van der Waals surface area contributed by atoms with Gasteiger partial charge in [-0.15, -0.1) is 0 Å². The fourth-order valence-electron chi connectivity index (χ4n) is 2.41. The van der Waals surface area contributed by atoms with Gasteiger partial charge in [-0.25, -0.2) is 9.50 Å². The standard InChI is InChI=1S/C11H12ClN3/c1-11(2)4-3-7-6-13-9-5-8(12)14-15(9)10(7)11/h5-6H,3-4H2,1-2H3. The monoisotopic (exact) mass is 221 g/mol. The average Bonchev–Trinajstić information content (AvgIpc) is 2.65. The van der Waals surface area contributed by atoms with Crippen molar-refractivity contribution >= 4 is 17.2 Å². The predicted octanol–water partition coefficient (Wildman–Crippen LogP) is 2.61. The minimum absolute atomic E-state index is 0.172. The molecule has 2 aromatic rings. The van der Waals surface area contributed by atoms with E-state index in [-0.39, 0.29) is 5.41 Å². The van der Waals surface area contributed by atoms with Crippen LogP contribution in [-0.2, 0) is 11.8 Å². The molecule has 0 fully saturated rings. The molecule has 78 valence electrons. The summed E-state index contributed by atoms with van der Waals surface area (Å²) in [7, 11) is 0. The molecule has 0 radical (unpaired) electrons. The van der Waals surface area contributed by atoms with Gasteiger partial charge in [0.25, 0.3) is 0 Å². The van der Waals surface area contributed by atoms with Crippen molar-refractivity contribution in [2.75, 3.05) is 0 Å². The lowest BCUT2D eigenvalue weighted by molar-refractivity contribution is 0.497. The van der Waals surface area contributed by atoms with E-state index in [4.69, 9.17) is 11.6 Å². The number of halogens is 1. The molecule has 0 bridgehead atoms. The molecule has 2 heterocycles. The zero-order valence-electron chi connectivity index (χ0n) is 8.79. The minimum atomic E-state index is 0.172. The third-order valence-corrected chi connectivity index (χ3v) is 3.37. The quantitative estimate of drug-likeness (QED) is 0.685. The van der Waals surface area contributed by atoms with Crippen molar-refractivity contribution in [2.45, 2.75) is 32.1 Å². The maximum atomic E-state index is 5.91. The molecule has 0 unspecified atom stereocenters. The molecule has 0 saturated heterocycles. The maximum absolute atomic E-state index is 5.91. The van der Waals surface area contributed by atoms with Crippen molar-refractivity contribution in [1.82, 2.24) is 14.6 Å². The maximum Gasteiger partial charge on any atom is 0.156 e. The Morgan fingerprint density at radius 2 is 2.27 bits per heavy atom. The lowest BCUT2D eigenvalue weighted by Crippen LogP contribution is -2.17. The van der Waals surface area contributed by atoms with E-state index in [1.807, 2.05) is 10.7 Å². The van der Waals surface area contributed by atoms with Crippen LogP contribution in [0.5, 0.6) is 0 Å². The van der Waals surface area contributed by atoms with Crippen molar-refractivity contribution in [1.29, 1.82) is 0 Å². The largest absolute Gasteiger partial charge is 0.237 e. The highest BCUT2D eigenvalue weighted by molar-refractivity contribution is 6.29. The number of rotatable bonds is 0. The van der Waals surface area contributed by atoms with Crippen molar-refractivity contribution < 1.29 is 0 Å². The Morgan fingerprint density at radius 1 is 1.47 bits per heavy atom. The summed E-state index contributed by atoms with van der Waals surface area (Å²) in [6.07, 6.45) is 4.20. The predicted molar refractivity (Wildman–Crippen MR) is 59.3 cm³/mol. The van der Waals surface area contributed by atoms with Crippen LogP contribution in [0, 0.1) is 0 Å². The Kier molecular flexibility index (Phi) is 1.67. The van der Waals surface area contributed by atoms with Crippen LogP contribution in [0.4, 0.5) is 0 Å². The summed E-state index contributed by atoms with van der Waals surface area (Å²) in [6, 6.07) is 1.80. The van der Waals surface area contributed by atoms with E-state index >= 15 is 0 Å². The molecule has 2 aromatic heterocycles. The fraction of sp³-hybridized carbons (Fsp3) is 0.455. The van der Waals surface area contributed by atoms with Gasteiger partial charge in [0.15, 0.2) is 10.8 Å². The van der Waals surface area contributed by atoms with E-state index in [1.165, 1.54) is 11.3 Å². The zero-order chi connectivity index (χ0) is 10.6. The molecule has 3 nitrogen and oxygen atoms in total. The summed E-state index contributed by atoms with van der Waals surface area (Å²) in [5, 5.41) is 4.81. The van der Waals surface area contributed by atoms with Crippen molar-refractivity contribution in [3.63, 3.8) is 0 Å². The van der Waals surface area contributed by atoms with Gasteiger partial charge in [0, 0.05) is 17.7 Å². The number of nitrogens with zero attached hydrogens (tertiary/aromatic N) is 3. The van der Waals surface area contributed by atoms with Crippen LogP contribution in [0.25, 0.3) is 5.65 Å². The highest BCUT2D eigenvalue weighted by atomic mass is 35.5. The Labute approximate surface area is 93.1 Å². The van der Waals surface area contributed by atoms with Gasteiger partial charge < -0.3 is 0 Å². The third-order valence-electron chi connectivity index (χ3n) is 3.19. The average molecular weight is 222 g/mol. The third kappa shape index (κ3) is 1.19. The van der Waals surface area contributed by atoms with Gasteiger partial charge in [0.2, 0.25) is 0 Å². The van der Waals surface area contributed by atoms with Gasteiger partial charge in [-0.1, -0.05) is 25.4 Å². The summed E-state index contributed by atoms with van der Waals surface area (Å²) in [4.78, 5) is 4.36. The Hall–Kier alpha value is -1.09. The number of hydrogen-bond acceptors (Lipinski definition) is 2. The van der Waals surface area contributed by atoms with Crippen molar-refractivity contribution in [3.8, 4) is 0 Å². The van der Waals surface area contributed by atoms with Crippen LogP contribution in [0.1, 0.15) is 31.5 Å². The topological polar surface area (TPSA) is 30.2 Å². The molecule has 15 heavy (non-hydrogen) atoms. The van der Waals surface area contributed by atoms with E-state index in [0.29, 0.717) is 5.15 Å². The summed E-state index contributed by atoms with van der Waals surface area (Å²) >= 11 is 5.91. The van der Waals surface area contributed by atoms with Crippen LogP contribution >= 0.6 is 11.6 Å². The lowest BCUT2D eigenvalue weighted by Gasteiger charge is -2.19. The van der Waals surface area contributed by atoms with Crippen LogP contribution in [0.2, 0.25) is 5.15 Å². The highest BCUT2D eigenvalue weighted by Crippen LogP contribution is 2.37. The molecular weight excluding hydrogens is 210 g/mol. The van der Waals surface area contributed by atoms with E-state index in [1.54, 1.807) is 6.07 Å². The lowest BCUT2D eigenvalue weighted by atomic mass is 9.91. The van der Waals surface area contributed by atoms with Gasteiger partial charge >= 0.3 is 0 Å². The number of fused-ring (bicyclic) bond motifs is 3. The number of hydrogen-bond donors (Lipinski definition) is 0. The van der Waals surface area contributed by atoms with E-state index < -0.39 is 0 Å². The summed E-state index contributed by atoms with van der Waals surface area (Å²) in [5.41, 5.74) is 3.58. The second-order valence-corrected chi connectivity index (χ2v) is 5.14. The molecule has 0 aliphatic heterocycles. The normalized spacial score (nSPS) is 18.3. The minimum Gasteiger partial charge on any atom is -0.237 e. The van der Waals surface area contributed by atoms with Gasteiger partial charge in [0.1, 0.15) is 0 Å². The van der Waals surface area contributed by atoms with Crippen LogP contribution in [-0.4, -0.2) is 14.6 Å². The molecule has 0 atom stereocenters. The molecule has 1 aliphatic carbocycles. The first-order valence-corrected chi connectivity index (χ1v) is 5.49. The highest BCUT2D eigenvalue weighted by Gasteiger charge is 2.33. The first-order chi connectivity index (χ1) is 7.08. The molecule has 0 spiro atoms. The molecule has 0 aromatic carbocycles. The van der Waals surface area contributed by atoms with E-state index in [9.17, 15) is 0 Å². The van der Waals surface area contributed by atoms with Crippen LogP contribution in [0.15, 0.2) is 12.3 Å². The molecule has 0 saturated carbocycles. The first-order valence-electron chi connectivity index (χ1n) is 5.11. The van der Waals surface area contributed by atoms with Gasteiger partial charge in [-0.3, -0.25) is 0 Å². The van der Waals surface area contributed by atoms with Gasteiger partial charge in [-0.05, 0) is 18.4 Å². The van der Waals surface area contributed by atoms with Gasteiger partial charge in [-0.2, -0.15) is 5.10 Å². The summed E-state index contributed by atoms with van der Waals surface area (Å²) in [5.74, 6) is 0. The molecule has 3 rings (SSSR count). The second kappa shape index (κ2) is 2.73. The Bertz CT molecular complexity index is 542. The Balaban J connectivity index is 2.42. The molecule has 1 aliphatic rings. The molecule has 0 amide bonds. The fourth-order valence-corrected chi connectivity index (χ4v) is 2.58. The van der Waals surface area contributed by atoms with E-state index in [2.05, 4.69) is 23.9 Å². The Morgan fingerprint density at radius 3 is 3.07 bits per heavy atom. The van der Waals surface area contributed by atoms with E-state index in [0.717, 1.165) is 18.5 Å². The number of aryl methyl sites for hydroxylation is 1. The zero-order valence-corrected chi connectivity index (χ0v) is 9.54. The van der Waals surface area contributed by atoms with Crippen molar-refractivity contribution in [2.24, 2.45) is 0 Å². The molecule has 0 N–H and O–H groups in total. The van der Waals surface area contributed by atoms with Crippen molar-refractivity contribution in [3.05, 3.63) is 28.7 Å². The number of aromatic nitrogens is 3. The van der Waals surface area contributed by atoms with Crippen LogP contribution < -0.4 is 0 Å². The van der Waals surface area contributed by atoms with Gasteiger partial charge in [0.05, 0.1) is 5.69 Å². The second-order valence-electron chi connectivity index (χ2n) is 4.75. The molecule has 4 heteroatoms. The molecular formula is C11H12ClN3. The smallest absolute Gasteiger partial charge is 0.156 e. The van der Waals surface area contributed by atoms with Crippen LogP contribution in [0.3, 0.4) is 0 Å². The summed E-state index contributed by atoms with van der Waals surface area (Å²) < 4.78 is 1.89. The summed E-state index contributed by atoms with van der Waals surface area (Å²) in [6.45, 7) is 4.49. The SMILES string of the molecule is CC1(C)CCc2cnc3cc(Cl)nn3c21.